The number of halogens is 1. The monoisotopic (exact) mass is 384 g/mol. The molecule has 1 heterocycles. The van der Waals surface area contributed by atoms with E-state index >= 15 is 0 Å². The van der Waals surface area contributed by atoms with Gasteiger partial charge in [-0.05, 0) is 50.6 Å². The lowest BCUT2D eigenvalue weighted by molar-refractivity contribution is 0.0939. The highest BCUT2D eigenvalue weighted by molar-refractivity contribution is 6.31. The van der Waals surface area contributed by atoms with Crippen molar-refractivity contribution in [2.45, 2.75) is 33.4 Å². The van der Waals surface area contributed by atoms with Gasteiger partial charge in [0.2, 0.25) is 0 Å². The maximum atomic E-state index is 12.6. The number of hydrogen-bond donors (Lipinski definition) is 1. The summed E-state index contributed by atoms with van der Waals surface area (Å²) in [6.45, 7) is 5.95. The van der Waals surface area contributed by atoms with Crippen molar-refractivity contribution >= 4 is 17.5 Å². The van der Waals surface area contributed by atoms with E-state index in [1.54, 1.807) is 18.2 Å². The quantitative estimate of drug-likeness (QED) is 0.648. The molecule has 1 N–H and O–H groups in total. The first-order valence-electron chi connectivity index (χ1n) is 8.65. The van der Waals surface area contributed by atoms with Crippen molar-refractivity contribution in [3.05, 3.63) is 81.7 Å². The van der Waals surface area contributed by atoms with Crippen molar-refractivity contribution in [2.24, 2.45) is 0 Å². The molecule has 0 aliphatic heterocycles. The van der Waals surface area contributed by atoms with Gasteiger partial charge in [0.25, 0.3) is 5.91 Å². The van der Waals surface area contributed by atoms with E-state index < -0.39 is 0 Å². The van der Waals surface area contributed by atoms with Crippen LogP contribution in [0.1, 0.15) is 45.9 Å². The number of hydrogen-bond acceptors (Lipinski definition) is 4. The second-order valence-electron chi connectivity index (χ2n) is 6.34. The highest BCUT2D eigenvalue weighted by atomic mass is 35.5. The molecule has 6 heteroatoms. The molecule has 0 spiro atoms. The van der Waals surface area contributed by atoms with E-state index in [4.69, 9.17) is 20.9 Å². The molecule has 1 atom stereocenters. The van der Waals surface area contributed by atoms with E-state index in [1.807, 2.05) is 51.1 Å². The number of carbonyl (C=O) groups excluding carboxylic acids is 1. The first-order valence-corrected chi connectivity index (χ1v) is 9.03. The van der Waals surface area contributed by atoms with Gasteiger partial charge in [0, 0.05) is 10.6 Å². The molecule has 3 rings (SSSR count). The van der Waals surface area contributed by atoms with Gasteiger partial charge in [-0.3, -0.25) is 4.79 Å². The lowest BCUT2D eigenvalue weighted by atomic mass is 10.1. The standard InChI is InChI=1S/C21H21ClN2O3/c1-13(18-9-4-5-10-20(18)22)23-21(25)16-7-6-8-17(11-16)26-12-19-14(2)24-27-15(19)3/h4-11,13H,12H2,1-3H3,(H,23,25). The van der Waals surface area contributed by atoms with E-state index in [1.165, 1.54) is 0 Å². The maximum absolute atomic E-state index is 12.6. The minimum absolute atomic E-state index is 0.190. The first-order chi connectivity index (χ1) is 13.0. The van der Waals surface area contributed by atoms with Gasteiger partial charge in [0.15, 0.2) is 0 Å². The van der Waals surface area contributed by atoms with E-state index in [0.717, 1.165) is 22.6 Å². The lowest BCUT2D eigenvalue weighted by Gasteiger charge is -2.16. The molecule has 0 bridgehead atoms. The number of rotatable bonds is 6. The second kappa shape index (κ2) is 8.27. The van der Waals surface area contributed by atoms with Gasteiger partial charge in [-0.1, -0.05) is 41.0 Å². The smallest absolute Gasteiger partial charge is 0.251 e. The predicted octanol–water partition coefficient (Wildman–Crippen LogP) is 5.01. The van der Waals surface area contributed by atoms with Gasteiger partial charge < -0.3 is 14.6 Å². The van der Waals surface area contributed by atoms with Gasteiger partial charge in [-0.15, -0.1) is 0 Å². The zero-order chi connectivity index (χ0) is 19.4. The van der Waals surface area contributed by atoms with Crippen LogP contribution in [0.4, 0.5) is 0 Å². The minimum Gasteiger partial charge on any atom is -0.489 e. The molecule has 2 aromatic carbocycles. The fourth-order valence-corrected chi connectivity index (χ4v) is 3.07. The van der Waals surface area contributed by atoms with Crippen molar-refractivity contribution in [3.8, 4) is 5.75 Å². The predicted molar refractivity (Wildman–Crippen MR) is 104 cm³/mol. The van der Waals surface area contributed by atoms with Crippen LogP contribution in [0, 0.1) is 13.8 Å². The lowest BCUT2D eigenvalue weighted by Crippen LogP contribution is -2.26. The van der Waals surface area contributed by atoms with E-state index in [-0.39, 0.29) is 11.9 Å². The van der Waals surface area contributed by atoms with E-state index in [9.17, 15) is 4.79 Å². The van der Waals surface area contributed by atoms with Crippen molar-refractivity contribution in [1.82, 2.24) is 10.5 Å². The Morgan fingerprint density at radius 3 is 2.70 bits per heavy atom. The fourth-order valence-electron chi connectivity index (χ4n) is 2.77. The molecule has 0 aliphatic carbocycles. The van der Waals surface area contributed by atoms with Crippen molar-refractivity contribution in [3.63, 3.8) is 0 Å². The Morgan fingerprint density at radius 2 is 2.00 bits per heavy atom. The molecule has 0 saturated heterocycles. The Bertz CT molecular complexity index is 933. The average molecular weight is 385 g/mol. The molecule has 0 aliphatic rings. The number of nitrogens with one attached hydrogen (secondary N) is 1. The molecule has 1 aromatic heterocycles. The second-order valence-corrected chi connectivity index (χ2v) is 6.74. The summed E-state index contributed by atoms with van der Waals surface area (Å²) in [6, 6.07) is 14.3. The van der Waals surface area contributed by atoms with Crippen LogP contribution in [0.5, 0.6) is 5.75 Å². The molecule has 0 fully saturated rings. The molecular weight excluding hydrogens is 364 g/mol. The van der Waals surface area contributed by atoms with Crippen LogP contribution < -0.4 is 10.1 Å². The number of amides is 1. The summed E-state index contributed by atoms with van der Waals surface area (Å²) < 4.78 is 10.9. The van der Waals surface area contributed by atoms with Gasteiger partial charge in [0.1, 0.15) is 18.1 Å². The third-order valence-electron chi connectivity index (χ3n) is 4.38. The molecule has 5 nitrogen and oxygen atoms in total. The summed E-state index contributed by atoms with van der Waals surface area (Å²) in [6.07, 6.45) is 0. The molecular formula is C21H21ClN2O3. The van der Waals surface area contributed by atoms with Crippen molar-refractivity contribution in [2.75, 3.05) is 0 Å². The number of aromatic nitrogens is 1. The average Bonchev–Trinajstić information content (AvgIpc) is 2.98. The number of ether oxygens (including phenoxy) is 1. The summed E-state index contributed by atoms with van der Waals surface area (Å²) in [5.74, 6) is 1.15. The van der Waals surface area contributed by atoms with Crippen molar-refractivity contribution in [1.29, 1.82) is 0 Å². The van der Waals surface area contributed by atoms with Crippen LogP contribution in [0.15, 0.2) is 53.1 Å². The van der Waals surface area contributed by atoms with Crippen molar-refractivity contribution < 1.29 is 14.1 Å². The van der Waals surface area contributed by atoms with Crippen LogP contribution in [0.25, 0.3) is 0 Å². The van der Waals surface area contributed by atoms with Gasteiger partial charge in [0.05, 0.1) is 17.3 Å². The summed E-state index contributed by atoms with van der Waals surface area (Å²) in [4.78, 5) is 12.6. The molecule has 1 unspecified atom stereocenters. The van der Waals surface area contributed by atoms with Crippen LogP contribution >= 0.6 is 11.6 Å². The van der Waals surface area contributed by atoms with Crippen LogP contribution in [-0.4, -0.2) is 11.1 Å². The molecule has 0 saturated carbocycles. The Hall–Kier alpha value is -2.79. The summed E-state index contributed by atoms with van der Waals surface area (Å²) in [5.41, 5.74) is 3.11. The summed E-state index contributed by atoms with van der Waals surface area (Å²) in [5, 5.41) is 7.50. The Kier molecular flexibility index (Phi) is 5.81. The minimum atomic E-state index is -0.210. The summed E-state index contributed by atoms with van der Waals surface area (Å²) >= 11 is 6.21. The zero-order valence-electron chi connectivity index (χ0n) is 15.5. The van der Waals surface area contributed by atoms with Gasteiger partial charge in [-0.2, -0.15) is 0 Å². The van der Waals surface area contributed by atoms with E-state index in [2.05, 4.69) is 10.5 Å². The number of aryl methyl sites for hydroxylation is 2. The molecule has 27 heavy (non-hydrogen) atoms. The Morgan fingerprint density at radius 1 is 1.22 bits per heavy atom. The highest BCUT2D eigenvalue weighted by Gasteiger charge is 2.15. The number of carbonyl (C=O) groups is 1. The Balaban J connectivity index is 1.67. The first kappa shape index (κ1) is 19.0. The number of benzene rings is 2. The number of nitrogens with zero attached hydrogens (tertiary/aromatic N) is 1. The van der Waals surface area contributed by atoms with Crippen LogP contribution in [0.2, 0.25) is 5.02 Å². The van der Waals surface area contributed by atoms with Crippen LogP contribution in [0.3, 0.4) is 0 Å². The fraction of sp³-hybridized carbons (Fsp3) is 0.238. The third-order valence-corrected chi connectivity index (χ3v) is 4.72. The van der Waals surface area contributed by atoms with Crippen LogP contribution in [-0.2, 0) is 6.61 Å². The van der Waals surface area contributed by atoms with Gasteiger partial charge >= 0.3 is 0 Å². The molecule has 0 radical (unpaired) electrons. The largest absolute Gasteiger partial charge is 0.489 e. The van der Waals surface area contributed by atoms with E-state index in [0.29, 0.717) is 22.9 Å². The topological polar surface area (TPSA) is 64.4 Å². The van der Waals surface area contributed by atoms with Gasteiger partial charge in [-0.25, -0.2) is 0 Å². The zero-order valence-corrected chi connectivity index (χ0v) is 16.2. The summed E-state index contributed by atoms with van der Waals surface area (Å²) in [7, 11) is 0. The molecule has 140 valence electrons. The third kappa shape index (κ3) is 4.49. The SMILES string of the molecule is Cc1noc(C)c1COc1cccc(C(=O)NC(C)c2ccccc2Cl)c1. The normalized spacial score (nSPS) is 11.9. The molecule has 1 amide bonds. The highest BCUT2D eigenvalue weighted by Crippen LogP contribution is 2.23. The molecule has 3 aromatic rings. The Labute approximate surface area is 163 Å². The maximum Gasteiger partial charge on any atom is 0.251 e.